The van der Waals surface area contributed by atoms with Crippen molar-refractivity contribution in [2.24, 2.45) is 0 Å². The average molecular weight is 270 g/mol. The molecule has 0 aromatic carbocycles. The largest absolute Gasteiger partial charge is 0.314 e. The molecule has 3 unspecified atom stereocenters. The summed E-state index contributed by atoms with van der Waals surface area (Å²) in [7, 11) is 0. The van der Waals surface area contributed by atoms with Crippen LogP contribution in [0, 0.1) is 0 Å². The van der Waals surface area contributed by atoms with Crippen LogP contribution in [-0.4, -0.2) is 36.2 Å². The highest BCUT2D eigenvalue weighted by molar-refractivity contribution is 7.99. The van der Waals surface area contributed by atoms with Crippen molar-refractivity contribution >= 4 is 11.8 Å². The van der Waals surface area contributed by atoms with Crippen molar-refractivity contribution in [3.8, 4) is 0 Å². The minimum Gasteiger partial charge on any atom is -0.314 e. The van der Waals surface area contributed by atoms with E-state index in [0.717, 1.165) is 11.3 Å². The SMILES string of the molecule is CC(CC1CCCCCN1)NCC1CCCCS1. The molecule has 0 bridgehead atoms. The van der Waals surface area contributed by atoms with Crippen molar-refractivity contribution in [2.45, 2.75) is 75.6 Å². The number of hydrogen-bond acceptors (Lipinski definition) is 3. The first-order valence-corrected chi connectivity index (χ1v) is 8.98. The Labute approximate surface area is 117 Å². The highest BCUT2D eigenvalue weighted by atomic mass is 32.2. The van der Waals surface area contributed by atoms with Crippen LogP contribution >= 0.6 is 11.8 Å². The molecular formula is C15H30N2S. The van der Waals surface area contributed by atoms with Crippen molar-refractivity contribution in [3.05, 3.63) is 0 Å². The van der Waals surface area contributed by atoms with E-state index in [9.17, 15) is 0 Å². The van der Waals surface area contributed by atoms with Crippen LogP contribution in [0.15, 0.2) is 0 Å². The van der Waals surface area contributed by atoms with Crippen LogP contribution in [0.2, 0.25) is 0 Å². The minimum atomic E-state index is 0.670. The fourth-order valence-electron chi connectivity index (χ4n) is 3.11. The van der Waals surface area contributed by atoms with Gasteiger partial charge < -0.3 is 10.6 Å². The summed E-state index contributed by atoms with van der Waals surface area (Å²) >= 11 is 2.18. The third-order valence-corrected chi connectivity index (χ3v) is 5.67. The summed E-state index contributed by atoms with van der Waals surface area (Å²) in [4.78, 5) is 0. The molecule has 2 aliphatic rings. The van der Waals surface area contributed by atoms with Gasteiger partial charge in [-0.1, -0.05) is 19.3 Å². The van der Waals surface area contributed by atoms with Gasteiger partial charge in [0.05, 0.1) is 0 Å². The molecule has 2 saturated heterocycles. The quantitative estimate of drug-likeness (QED) is 0.802. The predicted octanol–water partition coefficient (Wildman–Crippen LogP) is 3.17. The van der Waals surface area contributed by atoms with Gasteiger partial charge in [0.1, 0.15) is 0 Å². The molecular weight excluding hydrogens is 240 g/mol. The standard InChI is InChI=1S/C15H30N2S/c1-13(11-14-7-3-2-5-9-16-14)17-12-15-8-4-6-10-18-15/h13-17H,2-12H2,1H3. The second kappa shape index (κ2) is 8.44. The zero-order valence-electron chi connectivity index (χ0n) is 11.9. The van der Waals surface area contributed by atoms with Crippen molar-refractivity contribution in [1.29, 1.82) is 0 Å². The molecule has 2 rings (SSSR count). The second-order valence-corrected chi connectivity index (χ2v) is 7.44. The normalized spacial score (nSPS) is 31.8. The van der Waals surface area contributed by atoms with Gasteiger partial charge >= 0.3 is 0 Å². The predicted molar refractivity (Wildman–Crippen MR) is 82.4 cm³/mol. The van der Waals surface area contributed by atoms with Crippen LogP contribution in [0.5, 0.6) is 0 Å². The van der Waals surface area contributed by atoms with Crippen LogP contribution in [0.3, 0.4) is 0 Å². The Balaban J connectivity index is 1.59. The topological polar surface area (TPSA) is 24.1 Å². The molecule has 0 aliphatic carbocycles. The maximum atomic E-state index is 3.76. The summed E-state index contributed by atoms with van der Waals surface area (Å²) in [6, 6.07) is 1.43. The third-order valence-electron chi connectivity index (χ3n) is 4.27. The summed E-state index contributed by atoms with van der Waals surface area (Å²) in [5, 5.41) is 8.34. The molecule has 2 nitrogen and oxygen atoms in total. The van der Waals surface area contributed by atoms with Gasteiger partial charge in [0.2, 0.25) is 0 Å². The molecule has 2 fully saturated rings. The van der Waals surface area contributed by atoms with Gasteiger partial charge in [-0.15, -0.1) is 0 Å². The molecule has 0 saturated carbocycles. The van der Waals surface area contributed by atoms with Crippen LogP contribution in [0.25, 0.3) is 0 Å². The summed E-state index contributed by atoms with van der Waals surface area (Å²) < 4.78 is 0. The average Bonchev–Trinajstić information content (AvgIpc) is 2.66. The number of thioether (sulfide) groups is 1. The van der Waals surface area contributed by atoms with E-state index in [4.69, 9.17) is 0 Å². The number of rotatable bonds is 5. The van der Waals surface area contributed by atoms with Gasteiger partial charge in [0, 0.05) is 23.9 Å². The van der Waals surface area contributed by atoms with Crippen molar-refractivity contribution in [2.75, 3.05) is 18.8 Å². The monoisotopic (exact) mass is 270 g/mol. The summed E-state index contributed by atoms with van der Waals surface area (Å²) in [6.07, 6.45) is 11.2. The van der Waals surface area contributed by atoms with E-state index in [2.05, 4.69) is 29.3 Å². The Morgan fingerprint density at radius 3 is 2.89 bits per heavy atom. The van der Waals surface area contributed by atoms with E-state index in [-0.39, 0.29) is 0 Å². The lowest BCUT2D eigenvalue weighted by Crippen LogP contribution is -2.39. The molecule has 3 atom stereocenters. The summed E-state index contributed by atoms with van der Waals surface area (Å²) in [6.45, 7) is 4.81. The first-order valence-electron chi connectivity index (χ1n) is 7.93. The number of hydrogen-bond donors (Lipinski definition) is 2. The zero-order valence-corrected chi connectivity index (χ0v) is 12.7. The molecule has 0 amide bonds. The smallest absolute Gasteiger partial charge is 0.0172 e. The molecule has 2 heterocycles. The van der Waals surface area contributed by atoms with E-state index >= 15 is 0 Å². The maximum Gasteiger partial charge on any atom is 0.0172 e. The van der Waals surface area contributed by atoms with Gasteiger partial charge in [-0.3, -0.25) is 0 Å². The lowest BCUT2D eigenvalue weighted by atomic mass is 10.0. The van der Waals surface area contributed by atoms with E-state index in [0.29, 0.717) is 6.04 Å². The van der Waals surface area contributed by atoms with E-state index in [1.54, 1.807) is 0 Å². The van der Waals surface area contributed by atoms with Crippen LogP contribution in [-0.2, 0) is 0 Å². The van der Waals surface area contributed by atoms with Crippen LogP contribution < -0.4 is 10.6 Å². The summed E-state index contributed by atoms with van der Waals surface area (Å²) in [5.41, 5.74) is 0. The first-order chi connectivity index (χ1) is 8.84. The Bertz CT molecular complexity index is 209. The first kappa shape index (κ1) is 14.7. The van der Waals surface area contributed by atoms with Gasteiger partial charge in [-0.25, -0.2) is 0 Å². The van der Waals surface area contributed by atoms with Crippen LogP contribution in [0.4, 0.5) is 0 Å². The van der Waals surface area contributed by atoms with Gasteiger partial charge in [0.15, 0.2) is 0 Å². The highest BCUT2D eigenvalue weighted by Gasteiger charge is 2.17. The van der Waals surface area contributed by atoms with Crippen molar-refractivity contribution in [3.63, 3.8) is 0 Å². The second-order valence-electron chi connectivity index (χ2n) is 6.03. The molecule has 106 valence electrons. The van der Waals surface area contributed by atoms with Crippen molar-refractivity contribution in [1.82, 2.24) is 10.6 Å². The molecule has 2 aliphatic heterocycles. The minimum absolute atomic E-state index is 0.670. The molecule has 2 N–H and O–H groups in total. The lowest BCUT2D eigenvalue weighted by molar-refractivity contribution is 0.400. The summed E-state index contributed by atoms with van der Waals surface area (Å²) in [5.74, 6) is 1.38. The molecule has 3 heteroatoms. The molecule has 18 heavy (non-hydrogen) atoms. The number of nitrogens with one attached hydrogen (secondary N) is 2. The maximum absolute atomic E-state index is 3.76. The Kier molecular flexibility index (Phi) is 6.88. The highest BCUT2D eigenvalue weighted by Crippen LogP contribution is 2.24. The van der Waals surface area contributed by atoms with Crippen LogP contribution in [0.1, 0.15) is 58.3 Å². The van der Waals surface area contributed by atoms with Gasteiger partial charge in [-0.05, 0) is 51.3 Å². The Morgan fingerprint density at radius 2 is 2.06 bits per heavy atom. The van der Waals surface area contributed by atoms with E-state index in [1.165, 1.54) is 70.2 Å². The molecule has 0 aromatic heterocycles. The lowest BCUT2D eigenvalue weighted by Gasteiger charge is -2.26. The van der Waals surface area contributed by atoms with E-state index < -0.39 is 0 Å². The Hall–Kier alpha value is 0.270. The third kappa shape index (κ3) is 5.50. The van der Waals surface area contributed by atoms with Gasteiger partial charge in [0.25, 0.3) is 0 Å². The van der Waals surface area contributed by atoms with Gasteiger partial charge in [-0.2, -0.15) is 11.8 Å². The zero-order chi connectivity index (χ0) is 12.6. The fourth-order valence-corrected chi connectivity index (χ4v) is 4.36. The molecule has 0 radical (unpaired) electrons. The van der Waals surface area contributed by atoms with Crippen molar-refractivity contribution < 1.29 is 0 Å². The molecule has 0 aromatic rings. The molecule has 0 spiro atoms. The fraction of sp³-hybridized carbons (Fsp3) is 1.00. The van der Waals surface area contributed by atoms with E-state index in [1.807, 2.05) is 0 Å². The Morgan fingerprint density at radius 1 is 1.17 bits per heavy atom.